The van der Waals surface area contributed by atoms with Gasteiger partial charge in [-0.2, -0.15) is 5.10 Å². The lowest BCUT2D eigenvalue weighted by molar-refractivity contribution is 0.354. The van der Waals surface area contributed by atoms with E-state index < -0.39 is 0 Å². The molecule has 2 nitrogen and oxygen atoms in total. The molecule has 52 valence electrons. The van der Waals surface area contributed by atoms with E-state index in [1.165, 1.54) is 25.0 Å². The summed E-state index contributed by atoms with van der Waals surface area (Å²) in [4.78, 5) is 0. The Balaban J connectivity index is 2.49. The summed E-state index contributed by atoms with van der Waals surface area (Å²) in [5.41, 5.74) is 1.27. The minimum absolute atomic E-state index is 1.12. The third-order valence-corrected chi connectivity index (χ3v) is 1.61. The summed E-state index contributed by atoms with van der Waals surface area (Å²) in [5, 5.41) is 6.36. The first-order valence-corrected chi connectivity index (χ1v) is 3.54. The zero-order valence-corrected chi connectivity index (χ0v) is 6.22. The average Bonchev–Trinajstić information content (AvgIpc) is 1.93. The largest absolute Gasteiger partial charge is 0.300 e. The van der Waals surface area contributed by atoms with Gasteiger partial charge in [0.25, 0.3) is 0 Å². The smallest absolute Gasteiger partial charge is 0.0357 e. The summed E-state index contributed by atoms with van der Waals surface area (Å²) in [6.45, 7) is 3.22. The van der Waals surface area contributed by atoms with Crippen LogP contribution in [0.5, 0.6) is 0 Å². The molecule has 0 aromatic rings. The molecule has 1 heterocycles. The van der Waals surface area contributed by atoms with Crippen molar-refractivity contribution < 1.29 is 0 Å². The molecule has 0 bridgehead atoms. The summed E-state index contributed by atoms with van der Waals surface area (Å²) in [6.07, 6.45) is 3.78. The number of hydrazone groups is 1. The quantitative estimate of drug-likeness (QED) is 0.480. The van der Waals surface area contributed by atoms with Crippen molar-refractivity contribution >= 4 is 5.71 Å². The Hall–Kier alpha value is -0.530. The maximum absolute atomic E-state index is 4.33. The third-order valence-electron chi connectivity index (χ3n) is 1.61. The van der Waals surface area contributed by atoms with E-state index in [0.29, 0.717) is 0 Å². The molecule has 0 aromatic carbocycles. The summed E-state index contributed by atoms with van der Waals surface area (Å²) in [6, 6.07) is 0. The van der Waals surface area contributed by atoms with Crippen LogP contribution >= 0.6 is 0 Å². The molecular weight excluding hydrogens is 112 g/mol. The van der Waals surface area contributed by atoms with Crippen LogP contribution in [0.2, 0.25) is 0 Å². The topological polar surface area (TPSA) is 15.6 Å². The first kappa shape index (κ1) is 6.59. The van der Waals surface area contributed by atoms with Crippen molar-refractivity contribution in [2.24, 2.45) is 5.10 Å². The van der Waals surface area contributed by atoms with Gasteiger partial charge in [-0.15, -0.1) is 0 Å². The SMILES string of the molecule is CC1=NN(C)CCCC1. The standard InChI is InChI=1S/C7H14N2/c1-7-5-3-4-6-9(2)8-7/h3-6H2,1-2H3. The molecule has 0 fully saturated rings. The summed E-state index contributed by atoms with van der Waals surface area (Å²) in [5.74, 6) is 0. The van der Waals surface area contributed by atoms with E-state index in [0.717, 1.165) is 6.54 Å². The van der Waals surface area contributed by atoms with Crippen LogP contribution < -0.4 is 0 Å². The molecule has 0 saturated carbocycles. The molecule has 1 aliphatic rings. The van der Waals surface area contributed by atoms with Crippen molar-refractivity contribution in [3.8, 4) is 0 Å². The molecule has 1 aliphatic heterocycles. The van der Waals surface area contributed by atoms with Crippen molar-refractivity contribution in [2.45, 2.75) is 26.2 Å². The van der Waals surface area contributed by atoms with Gasteiger partial charge in [-0.25, -0.2) is 0 Å². The lowest BCUT2D eigenvalue weighted by atomic mass is 10.2. The van der Waals surface area contributed by atoms with Crippen molar-refractivity contribution in [3.63, 3.8) is 0 Å². The maximum atomic E-state index is 4.33. The van der Waals surface area contributed by atoms with Gasteiger partial charge < -0.3 is 5.01 Å². The fourth-order valence-electron chi connectivity index (χ4n) is 1.11. The predicted octanol–water partition coefficient (Wildman–Crippen LogP) is 1.48. The zero-order valence-electron chi connectivity index (χ0n) is 6.22. The molecular formula is C7H14N2. The van der Waals surface area contributed by atoms with E-state index in [1.54, 1.807) is 0 Å². The Morgan fingerprint density at radius 2 is 2.22 bits per heavy atom. The Morgan fingerprint density at radius 1 is 1.44 bits per heavy atom. The van der Waals surface area contributed by atoms with Gasteiger partial charge in [0.05, 0.1) is 0 Å². The minimum atomic E-state index is 1.12. The molecule has 0 amide bonds. The van der Waals surface area contributed by atoms with Crippen LogP contribution in [0.25, 0.3) is 0 Å². The van der Waals surface area contributed by atoms with Crippen LogP contribution in [-0.4, -0.2) is 24.3 Å². The normalized spacial score (nSPS) is 21.1. The van der Waals surface area contributed by atoms with E-state index in [9.17, 15) is 0 Å². The van der Waals surface area contributed by atoms with Crippen LogP contribution in [0.4, 0.5) is 0 Å². The van der Waals surface area contributed by atoms with Crippen LogP contribution in [0.1, 0.15) is 26.2 Å². The van der Waals surface area contributed by atoms with Crippen molar-refractivity contribution in [1.82, 2.24) is 5.01 Å². The van der Waals surface area contributed by atoms with Gasteiger partial charge in [0.2, 0.25) is 0 Å². The highest BCUT2D eigenvalue weighted by atomic mass is 15.4. The second-order valence-electron chi connectivity index (χ2n) is 2.67. The van der Waals surface area contributed by atoms with Gasteiger partial charge >= 0.3 is 0 Å². The molecule has 9 heavy (non-hydrogen) atoms. The third kappa shape index (κ3) is 2.04. The second kappa shape index (κ2) is 2.85. The fraction of sp³-hybridized carbons (Fsp3) is 0.857. The Kier molecular flexibility index (Phi) is 2.09. The summed E-state index contributed by atoms with van der Waals surface area (Å²) < 4.78 is 0. The molecule has 2 heteroatoms. The number of nitrogens with zero attached hydrogens (tertiary/aromatic N) is 2. The van der Waals surface area contributed by atoms with Crippen molar-refractivity contribution in [2.75, 3.05) is 13.6 Å². The van der Waals surface area contributed by atoms with Crippen molar-refractivity contribution in [1.29, 1.82) is 0 Å². The van der Waals surface area contributed by atoms with E-state index in [1.807, 2.05) is 12.1 Å². The lowest BCUT2D eigenvalue weighted by Gasteiger charge is -2.08. The molecule has 0 unspecified atom stereocenters. The average molecular weight is 126 g/mol. The highest BCUT2D eigenvalue weighted by Crippen LogP contribution is 2.05. The lowest BCUT2D eigenvalue weighted by Crippen LogP contribution is -2.11. The molecule has 0 saturated heterocycles. The van der Waals surface area contributed by atoms with Crippen LogP contribution in [0.3, 0.4) is 0 Å². The monoisotopic (exact) mass is 126 g/mol. The van der Waals surface area contributed by atoms with Gasteiger partial charge in [-0.1, -0.05) is 0 Å². The molecule has 1 rings (SSSR count). The number of hydrogen-bond acceptors (Lipinski definition) is 2. The molecule has 0 N–H and O–H groups in total. The first-order chi connectivity index (χ1) is 4.29. The predicted molar refractivity (Wildman–Crippen MR) is 39.6 cm³/mol. The van der Waals surface area contributed by atoms with Gasteiger partial charge in [0.1, 0.15) is 0 Å². The fourth-order valence-corrected chi connectivity index (χ4v) is 1.11. The van der Waals surface area contributed by atoms with E-state index >= 15 is 0 Å². The number of rotatable bonds is 0. The molecule has 0 spiro atoms. The first-order valence-electron chi connectivity index (χ1n) is 3.54. The van der Waals surface area contributed by atoms with E-state index in [-0.39, 0.29) is 0 Å². The highest BCUT2D eigenvalue weighted by Gasteiger charge is 2.01. The summed E-state index contributed by atoms with van der Waals surface area (Å²) >= 11 is 0. The van der Waals surface area contributed by atoms with Crippen LogP contribution in [-0.2, 0) is 0 Å². The minimum Gasteiger partial charge on any atom is -0.300 e. The summed E-state index contributed by atoms with van der Waals surface area (Å²) in [7, 11) is 2.04. The molecule has 0 aromatic heterocycles. The zero-order chi connectivity index (χ0) is 6.69. The van der Waals surface area contributed by atoms with Gasteiger partial charge in [0, 0.05) is 19.3 Å². The number of hydrogen-bond donors (Lipinski definition) is 0. The highest BCUT2D eigenvalue weighted by molar-refractivity contribution is 5.81. The van der Waals surface area contributed by atoms with Crippen LogP contribution in [0.15, 0.2) is 5.10 Å². The Morgan fingerprint density at radius 3 is 3.00 bits per heavy atom. The van der Waals surface area contributed by atoms with Gasteiger partial charge in [-0.3, -0.25) is 0 Å². The molecule has 0 radical (unpaired) electrons. The second-order valence-corrected chi connectivity index (χ2v) is 2.67. The van der Waals surface area contributed by atoms with Crippen LogP contribution in [0, 0.1) is 0 Å². The maximum Gasteiger partial charge on any atom is 0.0357 e. The Bertz CT molecular complexity index is 118. The van der Waals surface area contributed by atoms with E-state index in [2.05, 4.69) is 12.0 Å². The molecule has 0 aliphatic carbocycles. The van der Waals surface area contributed by atoms with Crippen molar-refractivity contribution in [3.05, 3.63) is 0 Å². The Labute approximate surface area is 56.5 Å². The van der Waals surface area contributed by atoms with Gasteiger partial charge in [-0.05, 0) is 26.2 Å². The van der Waals surface area contributed by atoms with E-state index in [4.69, 9.17) is 0 Å². The molecule has 0 atom stereocenters. The van der Waals surface area contributed by atoms with Gasteiger partial charge in [0.15, 0.2) is 0 Å².